The van der Waals surface area contributed by atoms with E-state index in [0.717, 1.165) is 18.6 Å². The van der Waals surface area contributed by atoms with E-state index in [1.807, 2.05) is 32.5 Å². The van der Waals surface area contributed by atoms with Crippen LogP contribution in [0.1, 0.15) is 102 Å². The molecule has 2 amide bonds. The van der Waals surface area contributed by atoms with Crippen LogP contribution < -0.4 is 10.6 Å². The number of hydrogen-bond donors (Lipinski definition) is 2. The molecule has 0 bridgehead atoms. The Labute approximate surface area is 220 Å². The number of thioether (sulfide) groups is 1. The highest BCUT2D eigenvalue weighted by atomic mass is 32.2. The number of nitrogens with one attached hydrogen (secondary N) is 2. The van der Waals surface area contributed by atoms with Gasteiger partial charge in [-0.3, -0.25) is 0 Å². The van der Waals surface area contributed by atoms with Crippen LogP contribution in [0.5, 0.6) is 0 Å². The number of ether oxygens (including phenoxy) is 2. The maximum Gasteiger partial charge on any atom is 0.407 e. The second-order valence-corrected chi connectivity index (χ2v) is 15.0. The van der Waals surface area contributed by atoms with Crippen molar-refractivity contribution < 1.29 is 27.5 Å². The van der Waals surface area contributed by atoms with Crippen LogP contribution in [0.3, 0.4) is 0 Å². The molecule has 212 valence electrons. The number of alkyl carbamates (subject to hydrolysis) is 2. The first-order chi connectivity index (χ1) is 15.4. The highest BCUT2D eigenvalue weighted by Crippen LogP contribution is 2.11. The molecule has 2 N–H and O–H groups in total. The lowest BCUT2D eigenvalue weighted by Gasteiger charge is -2.19. The van der Waals surface area contributed by atoms with Gasteiger partial charge in [-0.05, 0) is 92.1 Å². The maximum atomic E-state index is 11.5. The molecular weight excluding hydrogens is 488 g/mol. The minimum absolute atomic E-state index is 0. The van der Waals surface area contributed by atoms with E-state index in [1.165, 1.54) is 0 Å². The van der Waals surface area contributed by atoms with E-state index < -0.39 is 27.1 Å². The van der Waals surface area contributed by atoms with E-state index in [-0.39, 0.29) is 24.5 Å². The Morgan fingerprint density at radius 1 is 0.771 bits per heavy atom. The third kappa shape index (κ3) is 29.0. The number of sulfone groups is 1. The standard InChI is InChI=1S/C12H25NO4S.C12H25NO2S.CH4/c1-10(2)18(15,16)9-7-6-8-13-11(14)17-12(3,4)5;1-10(2)16-9-7-6-8-13-11(14)15-12(3,4)5;/h10H,6-9H2,1-5H3,(H,13,14);10H,6-9H2,1-5H3,(H,13,14);1H4. The number of amides is 2. The van der Waals surface area contributed by atoms with E-state index >= 15 is 0 Å². The molecule has 0 heterocycles. The molecule has 35 heavy (non-hydrogen) atoms. The number of rotatable bonds is 12. The highest BCUT2D eigenvalue weighted by molar-refractivity contribution is 7.99. The van der Waals surface area contributed by atoms with Gasteiger partial charge in [0.2, 0.25) is 0 Å². The average molecular weight is 543 g/mol. The van der Waals surface area contributed by atoms with Gasteiger partial charge in [-0.2, -0.15) is 11.8 Å². The summed E-state index contributed by atoms with van der Waals surface area (Å²) >= 11 is 1.96. The quantitative estimate of drug-likeness (QED) is 0.283. The smallest absolute Gasteiger partial charge is 0.407 e. The van der Waals surface area contributed by atoms with Gasteiger partial charge in [-0.25, -0.2) is 18.0 Å². The van der Waals surface area contributed by atoms with Crippen LogP contribution in [-0.2, 0) is 19.3 Å². The first-order valence-corrected chi connectivity index (χ1v) is 14.9. The van der Waals surface area contributed by atoms with Crippen LogP contribution >= 0.6 is 11.8 Å². The average Bonchev–Trinajstić information content (AvgIpc) is 2.61. The molecule has 0 fully saturated rings. The third-order valence-electron chi connectivity index (χ3n) is 3.93. The van der Waals surface area contributed by atoms with Crippen LogP contribution in [0.2, 0.25) is 0 Å². The predicted octanol–water partition coefficient (Wildman–Crippen LogP) is 6.18. The zero-order valence-corrected chi connectivity index (χ0v) is 24.7. The van der Waals surface area contributed by atoms with Crippen molar-refractivity contribution >= 4 is 33.8 Å². The molecule has 0 aliphatic carbocycles. The van der Waals surface area contributed by atoms with Crippen molar-refractivity contribution in [3.05, 3.63) is 0 Å². The van der Waals surface area contributed by atoms with Gasteiger partial charge in [0.1, 0.15) is 11.2 Å². The molecule has 0 spiro atoms. The zero-order chi connectivity index (χ0) is 27.0. The van der Waals surface area contributed by atoms with E-state index in [4.69, 9.17) is 9.47 Å². The molecule has 0 atom stereocenters. The fourth-order valence-electron chi connectivity index (χ4n) is 2.22. The summed E-state index contributed by atoms with van der Waals surface area (Å²) in [5.41, 5.74) is -0.914. The fraction of sp³-hybridized carbons (Fsp3) is 0.920. The summed E-state index contributed by atoms with van der Waals surface area (Å²) in [6.07, 6.45) is 2.55. The first kappa shape index (κ1) is 38.4. The molecule has 0 aromatic rings. The minimum Gasteiger partial charge on any atom is -0.444 e. The van der Waals surface area contributed by atoms with Crippen LogP contribution in [0.4, 0.5) is 9.59 Å². The largest absolute Gasteiger partial charge is 0.444 e. The van der Waals surface area contributed by atoms with E-state index in [9.17, 15) is 18.0 Å². The Balaban J connectivity index is -0.000000573. The van der Waals surface area contributed by atoms with E-state index in [0.29, 0.717) is 31.2 Å². The van der Waals surface area contributed by atoms with Crippen molar-refractivity contribution in [1.82, 2.24) is 10.6 Å². The molecule has 0 unspecified atom stereocenters. The number of carbonyl (C=O) groups is 2. The Morgan fingerprint density at radius 2 is 1.17 bits per heavy atom. The van der Waals surface area contributed by atoms with Gasteiger partial charge in [0.05, 0.1) is 11.0 Å². The number of unbranched alkanes of at least 4 members (excludes halogenated alkanes) is 2. The molecule has 0 aliphatic heterocycles. The maximum absolute atomic E-state index is 11.5. The Hall–Kier alpha value is -1.16. The van der Waals surface area contributed by atoms with Crippen molar-refractivity contribution in [2.45, 2.75) is 124 Å². The first-order valence-electron chi connectivity index (χ1n) is 12.1. The van der Waals surface area contributed by atoms with Crippen molar-refractivity contribution in [2.24, 2.45) is 0 Å². The Morgan fingerprint density at radius 3 is 1.51 bits per heavy atom. The lowest BCUT2D eigenvalue weighted by atomic mass is 10.2. The molecule has 0 aromatic heterocycles. The molecule has 0 aromatic carbocycles. The van der Waals surface area contributed by atoms with Crippen LogP contribution in [0.25, 0.3) is 0 Å². The number of carbonyl (C=O) groups excluding carboxylic acids is 2. The molecule has 0 rings (SSSR count). The van der Waals surface area contributed by atoms with E-state index in [1.54, 1.807) is 34.6 Å². The summed E-state index contributed by atoms with van der Waals surface area (Å²) in [6.45, 7) is 19.9. The fourth-order valence-corrected chi connectivity index (χ4v) is 4.14. The predicted molar refractivity (Wildman–Crippen MR) is 150 cm³/mol. The molecule has 0 saturated carbocycles. The highest BCUT2D eigenvalue weighted by Gasteiger charge is 2.17. The summed E-state index contributed by atoms with van der Waals surface area (Å²) < 4.78 is 33.2. The third-order valence-corrected chi connectivity index (χ3v) is 7.42. The summed E-state index contributed by atoms with van der Waals surface area (Å²) in [6, 6.07) is 0. The number of hydrogen-bond acceptors (Lipinski definition) is 7. The lowest BCUT2D eigenvalue weighted by Crippen LogP contribution is -2.33. The summed E-state index contributed by atoms with van der Waals surface area (Å²) in [5.74, 6) is 1.33. The van der Waals surface area contributed by atoms with Crippen molar-refractivity contribution in [1.29, 1.82) is 0 Å². The van der Waals surface area contributed by atoms with Gasteiger partial charge in [-0.1, -0.05) is 21.3 Å². The second kappa shape index (κ2) is 19.0. The normalized spacial score (nSPS) is 11.8. The molecule has 8 nitrogen and oxygen atoms in total. The molecule has 0 saturated heterocycles. The van der Waals surface area contributed by atoms with Gasteiger partial charge in [0.25, 0.3) is 0 Å². The topological polar surface area (TPSA) is 111 Å². The summed E-state index contributed by atoms with van der Waals surface area (Å²) in [5, 5.41) is 5.71. The summed E-state index contributed by atoms with van der Waals surface area (Å²) in [4.78, 5) is 22.5. The van der Waals surface area contributed by atoms with Gasteiger partial charge in [-0.15, -0.1) is 0 Å². The SMILES string of the molecule is C.CC(C)S(=O)(=O)CCCCNC(=O)OC(C)(C)C.CC(C)SCCCCNC(=O)OC(C)(C)C. The second-order valence-electron chi connectivity index (χ2n) is 10.6. The molecular formula is C25H54N2O6S2. The van der Waals surface area contributed by atoms with Gasteiger partial charge < -0.3 is 20.1 Å². The van der Waals surface area contributed by atoms with Crippen LogP contribution in [-0.4, -0.2) is 66.9 Å². The van der Waals surface area contributed by atoms with Crippen molar-refractivity contribution in [3.63, 3.8) is 0 Å². The monoisotopic (exact) mass is 542 g/mol. The van der Waals surface area contributed by atoms with Crippen LogP contribution in [0.15, 0.2) is 0 Å². The van der Waals surface area contributed by atoms with Gasteiger partial charge in [0, 0.05) is 13.1 Å². The molecule has 10 heteroatoms. The molecule has 0 radical (unpaired) electrons. The lowest BCUT2D eigenvalue weighted by molar-refractivity contribution is 0.0515. The van der Waals surface area contributed by atoms with Crippen LogP contribution in [0, 0.1) is 0 Å². The summed E-state index contributed by atoms with van der Waals surface area (Å²) in [7, 11) is -2.97. The molecule has 0 aliphatic rings. The minimum atomic E-state index is -2.97. The zero-order valence-electron chi connectivity index (χ0n) is 23.1. The van der Waals surface area contributed by atoms with Crippen molar-refractivity contribution in [3.8, 4) is 0 Å². The Bertz CT molecular complexity index is 666. The Kier molecular flexibility index (Phi) is 20.8. The van der Waals surface area contributed by atoms with E-state index in [2.05, 4.69) is 24.5 Å². The van der Waals surface area contributed by atoms with Gasteiger partial charge >= 0.3 is 12.2 Å². The van der Waals surface area contributed by atoms with Gasteiger partial charge in [0.15, 0.2) is 9.84 Å². The van der Waals surface area contributed by atoms with Crippen molar-refractivity contribution in [2.75, 3.05) is 24.6 Å².